The molecule has 0 bridgehead atoms. The first kappa shape index (κ1) is 20.5. The first-order chi connectivity index (χ1) is 11.5. The molecule has 1 N–H and O–H groups in total. The molecule has 7 heteroatoms. The van der Waals surface area contributed by atoms with Crippen molar-refractivity contribution < 1.29 is 18.1 Å². The molecule has 0 spiro atoms. The molecule has 1 fully saturated rings. The van der Waals surface area contributed by atoms with Gasteiger partial charge in [-0.05, 0) is 71.6 Å². The first-order valence-electron chi connectivity index (χ1n) is 8.34. The lowest BCUT2D eigenvalue weighted by Gasteiger charge is -2.36. The standard InChI is InChI=1S/C18H25BrFNO3S/c1-11(2)24-16(22)18(12-6-7-12,21-25(23)17(3,4)5)14-10-13(19)8-9-15(14)20/h8-12,21H,6-7H2,1-5H3/t18-,25+/m1/s1. The highest BCUT2D eigenvalue weighted by molar-refractivity contribution is 9.10. The minimum Gasteiger partial charge on any atom is -0.461 e. The SMILES string of the molecule is CC(C)OC(=O)[C@](N[S@@](=O)C(C)(C)C)(c1cc(Br)ccc1F)C1CC1. The van der Waals surface area contributed by atoms with Crippen molar-refractivity contribution in [1.82, 2.24) is 4.72 Å². The third kappa shape index (κ3) is 4.49. The highest BCUT2D eigenvalue weighted by Gasteiger charge is 2.56. The summed E-state index contributed by atoms with van der Waals surface area (Å²) in [5.74, 6) is -1.26. The van der Waals surface area contributed by atoms with Gasteiger partial charge in [0.25, 0.3) is 0 Å². The van der Waals surface area contributed by atoms with Crippen LogP contribution in [0.4, 0.5) is 4.39 Å². The van der Waals surface area contributed by atoms with Crippen molar-refractivity contribution in [2.45, 2.75) is 63.9 Å². The third-order valence-electron chi connectivity index (χ3n) is 4.02. The Labute approximate surface area is 159 Å². The molecule has 0 saturated heterocycles. The van der Waals surface area contributed by atoms with E-state index in [1.807, 2.05) is 0 Å². The molecule has 1 saturated carbocycles. The summed E-state index contributed by atoms with van der Waals surface area (Å²) in [6.07, 6.45) is 1.13. The maximum absolute atomic E-state index is 14.7. The Balaban J connectivity index is 2.61. The van der Waals surface area contributed by atoms with Crippen molar-refractivity contribution in [3.8, 4) is 0 Å². The van der Waals surface area contributed by atoms with Crippen LogP contribution in [-0.2, 0) is 26.1 Å². The maximum atomic E-state index is 14.7. The Hall–Kier alpha value is -0.790. The van der Waals surface area contributed by atoms with Gasteiger partial charge in [-0.3, -0.25) is 0 Å². The number of rotatable bonds is 6. The van der Waals surface area contributed by atoms with Gasteiger partial charge in [-0.2, -0.15) is 0 Å². The van der Waals surface area contributed by atoms with Crippen LogP contribution in [0.5, 0.6) is 0 Å². The molecule has 1 aromatic carbocycles. The van der Waals surface area contributed by atoms with Crippen molar-refractivity contribution in [2.24, 2.45) is 5.92 Å². The molecule has 0 aliphatic heterocycles. The van der Waals surface area contributed by atoms with Crippen LogP contribution in [0.3, 0.4) is 0 Å². The number of hydrogen-bond acceptors (Lipinski definition) is 3. The van der Waals surface area contributed by atoms with E-state index in [9.17, 15) is 13.4 Å². The predicted molar refractivity (Wildman–Crippen MR) is 101 cm³/mol. The van der Waals surface area contributed by atoms with E-state index in [-0.39, 0.29) is 17.6 Å². The Bertz CT molecular complexity index is 685. The average Bonchev–Trinajstić information content (AvgIpc) is 3.30. The number of hydrogen-bond donors (Lipinski definition) is 1. The molecule has 0 unspecified atom stereocenters. The van der Waals surface area contributed by atoms with Gasteiger partial charge in [-0.1, -0.05) is 15.9 Å². The third-order valence-corrected chi connectivity index (χ3v) is 6.13. The molecule has 25 heavy (non-hydrogen) atoms. The van der Waals surface area contributed by atoms with Gasteiger partial charge in [0, 0.05) is 10.0 Å². The molecule has 0 aromatic heterocycles. The monoisotopic (exact) mass is 433 g/mol. The highest BCUT2D eigenvalue weighted by Crippen LogP contribution is 2.48. The molecule has 1 aliphatic rings. The number of ether oxygens (including phenoxy) is 1. The van der Waals surface area contributed by atoms with Crippen LogP contribution in [0, 0.1) is 11.7 Å². The maximum Gasteiger partial charge on any atom is 0.332 e. The summed E-state index contributed by atoms with van der Waals surface area (Å²) in [5, 5.41) is 0. The summed E-state index contributed by atoms with van der Waals surface area (Å²) < 4.78 is 36.0. The van der Waals surface area contributed by atoms with Gasteiger partial charge in [-0.25, -0.2) is 18.1 Å². The van der Waals surface area contributed by atoms with Gasteiger partial charge in [-0.15, -0.1) is 0 Å². The lowest BCUT2D eigenvalue weighted by molar-refractivity contribution is -0.156. The van der Waals surface area contributed by atoms with Crippen LogP contribution in [0.15, 0.2) is 22.7 Å². The number of benzene rings is 1. The number of carbonyl (C=O) groups excluding carboxylic acids is 1. The summed E-state index contributed by atoms with van der Waals surface area (Å²) in [7, 11) is -1.57. The van der Waals surface area contributed by atoms with Crippen LogP contribution < -0.4 is 4.72 Å². The van der Waals surface area contributed by atoms with Crippen molar-refractivity contribution in [2.75, 3.05) is 0 Å². The van der Waals surface area contributed by atoms with Crippen LogP contribution in [0.25, 0.3) is 0 Å². The molecular formula is C18H25BrFNO3S. The second kappa shape index (κ2) is 7.45. The van der Waals surface area contributed by atoms with Gasteiger partial charge in [0.05, 0.1) is 21.8 Å². The quantitative estimate of drug-likeness (QED) is 0.683. The molecule has 4 nitrogen and oxygen atoms in total. The van der Waals surface area contributed by atoms with E-state index in [0.29, 0.717) is 4.47 Å². The fourth-order valence-electron chi connectivity index (χ4n) is 2.60. The van der Waals surface area contributed by atoms with Gasteiger partial charge in [0.1, 0.15) is 5.82 Å². The van der Waals surface area contributed by atoms with Gasteiger partial charge >= 0.3 is 5.97 Å². The molecule has 2 atom stereocenters. The summed E-state index contributed by atoms with van der Waals surface area (Å²) in [4.78, 5) is 13.1. The number of nitrogens with one attached hydrogen (secondary N) is 1. The van der Waals surface area contributed by atoms with E-state index in [1.165, 1.54) is 6.07 Å². The average molecular weight is 434 g/mol. The summed E-state index contributed by atoms with van der Waals surface area (Å²) in [6.45, 7) is 8.90. The summed E-state index contributed by atoms with van der Waals surface area (Å²) >= 11 is 3.34. The lowest BCUT2D eigenvalue weighted by Crippen LogP contribution is -2.56. The van der Waals surface area contributed by atoms with E-state index in [2.05, 4.69) is 20.7 Å². The fraction of sp³-hybridized carbons (Fsp3) is 0.611. The van der Waals surface area contributed by atoms with Gasteiger partial charge in [0.15, 0.2) is 5.54 Å². The fourth-order valence-corrected chi connectivity index (χ4v) is 3.92. The molecule has 1 aromatic rings. The van der Waals surface area contributed by atoms with E-state index >= 15 is 0 Å². The summed E-state index contributed by atoms with van der Waals surface area (Å²) in [6, 6.07) is 4.45. The van der Waals surface area contributed by atoms with Gasteiger partial charge in [0.2, 0.25) is 0 Å². The molecular weight excluding hydrogens is 409 g/mol. The van der Waals surface area contributed by atoms with Crippen LogP contribution in [0.2, 0.25) is 0 Å². The zero-order chi connectivity index (χ0) is 19.0. The minimum atomic E-state index is -1.57. The van der Waals surface area contributed by atoms with Crippen LogP contribution >= 0.6 is 15.9 Å². The predicted octanol–water partition coefficient (Wildman–Crippen LogP) is 4.20. The van der Waals surface area contributed by atoms with E-state index in [0.717, 1.165) is 12.8 Å². The van der Waals surface area contributed by atoms with Crippen LogP contribution in [-0.4, -0.2) is 21.0 Å². The number of halogens is 2. The Morgan fingerprint density at radius 2 is 1.96 bits per heavy atom. The largest absolute Gasteiger partial charge is 0.461 e. The van der Waals surface area contributed by atoms with Crippen molar-refractivity contribution in [1.29, 1.82) is 0 Å². The smallest absolute Gasteiger partial charge is 0.332 e. The van der Waals surface area contributed by atoms with Crippen LogP contribution in [0.1, 0.15) is 53.0 Å². The second-order valence-corrected chi connectivity index (χ2v) is 10.5. The number of carbonyl (C=O) groups is 1. The van der Waals surface area contributed by atoms with E-state index in [4.69, 9.17) is 4.74 Å². The topological polar surface area (TPSA) is 55.4 Å². The van der Waals surface area contributed by atoms with Crippen molar-refractivity contribution in [3.63, 3.8) is 0 Å². The molecule has 0 heterocycles. The number of esters is 1. The summed E-state index contributed by atoms with van der Waals surface area (Å²) in [5.41, 5.74) is -1.29. The first-order valence-corrected chi connectivity index (χ1v) is 10.3. The molecule has 2 rings (SSSR count). The van der Waals surface area contributed by atoms with E-state index < -0.39 is 33.1 Å². The molecule has 140 valence electrons. The highest BCUT2D eigenvalue weighted by atomic mass is 79.9. The van der Waals surface area contributed by atoms with E-state index in [1.54, 1.807) is 46.8 Å². The molecule has 1 aliphatic carbocycles. The second-order valence-electron chi connectivity index (χ2n) is 7.64. The Morgan fingerprint density at radius 1 is 1.36 bits per heavy atom. The molecule has 0 radical (unpaired) electrons. The lowest BCUT2D eigenvalue weighted by atomic mass is 9.85. The zero-order valence-electron chi connectivity index (χ0n) is 15.2. The molecule has 0 amide bonds. The Kier molecular flexibility index (Phi) is 6.11. The minimum absolute atomic E-state index is 0.158. The normalized spacial score (nSPS) is 18.7. The zero-order valence-corrected chi connectivity index (χ0v) is 17.6. The Morgan fingerprint density at radius 3 is 2.44 bits per heavy atom. The van der Waals surface area contributed by atoms with Gasteiger partial charge < -0.3 is 4.74 Å². The van der Waals surface area contributed by atoms with Crippen molar-refractivity contribution in [3.05, 3.63) is 34.1 Å². The van der Waals surface area contributed by atoms with Crippen molar-refractivity contribution >= 4 is 32.9 Å².